The van der Waals surface area contributed by atoms with Gasteiger partial charge in [-0.2, -0.15) is 0 Å². The first-order valence-corrected chi connectivity index (χ1v) is 9.73. The Morgan fingerprint density at radius 2 is 1.85 bits per heavy atom. The van der Waals surface area contributed by atoms with E-state index in [4.69, 9.17) is 5.11 Å². The Hall–Kier alpha value is -1.72. The second-order valence-electron chi connectivity index (χ2n) is 6.83. The van der Waals surface area contributed by atoms with Gasteiger partial charge in [0.25, 0.3) is 0 Å². The van der Waals surface area contributed by atoms with Crippen molar-refractivity contribution in [1.29, 1.82) is 0 Å². The van der Waals surface area contributed by atoms with E-state index in [1.165, 1.54) is 25.7 Å². The molecule has 1 aromatic rings. The molecule has 0 saturated carbocycles. The molecule has 5 nitrogen and oxygen atoms in total. The van der Waals surface area contributed by atoms with Crippen LogP contribution in [0.3, 0.4) is 0 Å². The zero-order valence-corrected chi connectivity index (χ0v) is 15.8. The second kappa shape index (κ2) is 13.5. The topological polar surface area (TPSA) is 90.7 Å². The summed E-state index contributed by atoms with van der Waals surface area (Å²) in [7, 11) is 0. The van der Waals surface area contributed by atoms with Crippen molar-refractivity contribution in [3.05, 3.63) is 35.7 Å². The lowest BCUT2D eigenvalue weighted by atomic mass is 10.1. The molecule has 1 aromatic heterocycles. The molecule has 0 fully saturated rings. The first kappa shape index (κ1) is 22.3. The van der Waals surface area contributed by atoms with Gasteiger partial charge >= 0.3 is 5.97 Å². The van der Waals surface area contributed by atoms with Crippen LogP contribution in [0.1, 0.15) is 76.1 Å². The van der Waals surface area contributed by atoms with Crippen molar-refractivity contribution < 1.29 is 20.1 Å². The lowest BCUT2D eigenvalue weighted by Crippen LogP contribution is -2.13. The van der Waals surface area contributed by atoms with Crippen molar-refractivity contribution in [3.63, 3.8) is 0 Å². The quantitative estimate of drug-likeness (QED) is 0.435. The summed E-state index contributed by atoms with van der Waals surface area (Å²) in [6.45, 7) is 2.20. The van der Waals surface area contributed by atoms with E-state index in [-0.39, 0.29) is 12.8 Å². The van der Waals surface area contributed by atoms with Gasteiger partial charge in [0.2, 0.25) is 0 Å². The predicted octanol–water partition coefficient (Wildman–Crippen LogP) is 3.97. The smallest absolute Gasteiger partial charge is 0.303 e. The summed E-state index contributed by atoms with van der Waals surface area (Å²) in [4.78, 5) is 15.0. The van der Waals surface area contributed by atoms with Gasteiger partial charge in [0.05, 0.1) is 17.9 Å². The highest BCUT2D eigenvalue weighted by atomic mass is 16.4. The van der Waals surface area contributed by atoms with Crippen LogP contribution in [0.15, 0.2) is 24.3 Å². The zero-order chi connectivity index (χ0) is 19.2. The van der Waals surface area contributed by atoms with Crippen LogP contribution in [-0.4, -0.2) is 38.5 Å². The third-order valence-corrected chi connectivity index (χ3v) is 4.31. The predicted molar refractivity (Wildman–Crippen MR) is 104 cm³/mol. The lowest BCUT2D eigenvalue weighted by molar-refractivity contribution is -0.137. The SMILES string of the molecule is CCCCCCCCC(O)C=Cc1cccc(CC(O)CCC(=O)O)n1. The van der Waals surface area contributed by atoms with E-state index in [2.05, 4.69) is 11.9 Å². The maximum Gasteiger partial charge on any atom is 0.303 e. The number of hydrogen-bond acceptors (Lipinski definition) is 4. The van der Waals surface area contributed by atoms with Gasteiger partial charge in [-0.25, -0.2) is 0 Å². The Kier molecular flexibility index (Phi) is 11.6. The fourth-order valence-corrected chi connectivity index (χ4v) is 2.78. The van der Waals surface area contributed by atoms with Crippen LogP contribution in [0.5, 0.6) is 0 Å². The van der Waals surface area contributed by atoms with E-state index in [1.54, 1.807) is 12.2 Å². The Bertz CT molecular complexity index is 545. The molecule has 0 aliphatic rings. The molecule has 1 heterocycles. The number of aliphatic hydroxyl groups excluding tert-OH is 2. The van der Waals surface area contributed by atoms with Gasteiger partial charge in [0.15, 0.2) is 0 Å². The summed E-state index contributed by atoms with van der Waals surface area (Å²) in [6, 6.07) is 5.52. The van der Waals surface area contributed by atoms with Gasteiger partial charge in [-0.15, -0.1) is 0 Å². The molecule has 26 heavy (non-hydrogen) atoms. The number of aliphatic carboxylic acids is 1. The highest BCUT2D eigenvalue weighted by Gasteiger charge is 2.09. The molecule has 146 valence electrons. The van der Waals surface area contributed by atoms with Gasteiger partial charge in [-0.3, -0.25) is 9.78 Å². The summed E-state index contributed by atoms with van der Waals surface area (Å²) in [5.41, 5.74) is 1.45. The molecule has 0 saturated heterocycles. The Morgan fingerprint density at radius 1 is 1.12 bits per heavy atom. The molecule has 0 bridgehead atoms. The average Bonchev–Trinajstić information content (AvgIpc) is 2.61. The van der Waals surface area contributed by atoms with Gasteiger partial charge < -0.3 is 15.3 Å². The van der Waals surface area contributed by atoms with Gasteiger partial charge in [0.1, 0.15) is 0 Å². The third-order valence-electron chi connectivity index (χ3n) is 4.31. The number of unbranched alkanes of at least 4 members (excludes halogenated alkanes) is 5. The van der Waals surface area contributed by atoms with Crippen molar-refractivity contribution in [2.24, 2.45) is 0 Å². The average molecular weight is 363 g/mol. The van der Waals surface area contributed by atoms with Crippen molar-refractivity contribution in [2.45, 2.75) is 83.3 Å². The number of nitrogens with zero attached hydrogens (tertiary/aromatic N) is 1. The van der Waals surface area contributed by atoms with Crippen molar-refractivity contribution in [1.82, 2.24) is 4.98 Å². The number of aromatic nitrogens is 1. The molecule has 0 aliphatic heterocycles. The number of pyridine rings is 1. The maximum atomic E-state index is 10.5. The van der Waals surface area contributed by atoms with Gasteiger partial charge in [0, 0.05) is 18.5 Å². The van der Waals surface area contributed by atoms with E-state index < -0.39 is 18.2 Å². The molecule has 0 amide bonds. The van der Waals surface area contributed by atoms with Crippen molar-refractivity contribution >= 4 is 12.0 Å². The monoisotopic (exact) mass is 363 g/mol. The molecule has 0 aliphatic carbocycles. The van der Waals surface area contributed by atoms with E-state index in [0.717, 1.165) is 30.7 Å². The van der Waals surface area contributed by atoms with Crippen LogP contribution in [0, 0.1) is 0 Å². The molecule has 0 radical (unpaired) electrons. The van der Waals surface area contributed by atoms with Crippen LogP contribution in [0.25, 0.3) is 6.08 Å². The van der Waals surface area contributed by atoms with Gasteiger partial charge in [-0.05, 0) is 31.1 Å². The minimum Gasteiger partial charge on any atom is -0.481 e. The van der Waals surface area contributed by atoms with Crippen molar-refractivity contribution in [3.8, 4) is 0 Å². The summed E-state index contributed by atoms with van der Waals surface area (Å²) in [6.07, 6.45) is 10.9. The first-order chi connectivity index (χ1) is 12.5. The van der Waals surface area contributed by atoms with E-state index in [9.17, 15) is 15.0 Å². The Morgan fingerprint density at radius 3 is 2.58 bits per heavy atom. The van der Waals surface area contributed by atoms with E-state index in [1.807, 2.05) is 18.2 Å². The number of aliphatic hydroxyl groups is 2. The Balaban J connectivity index is 2.37. The summed E-state index contributed by atoms with van der Waals surface area (Å²) >= 11 is 0. The lowest BCUT2D eigenvalue weighted by Gasteiger charge is -2.09. The second-order valence-corrected chi connectivity index (χ2v) is 6.83. The van der Waals surface area contributed by atoms with E-state index >= 15 is 0 Å². The third kappa shape index (κ3) is 11.0. The summed E-state index contributed by atoms with van der Waals surface area (Å²) in [5.74, 6) is -0.909. The normalized spacial score (nSPS) is 13.8. The van der Waals surface area contributed by atoms with Crippen LogP contribution in [0.2, 0.25) is 0 Å². The molecule has 5 heteroatoms. The number of carboxylic acid groups (broad SMARTS) is 1. The Labute approximate surface area is 156 Å². The fraction of sp³-hybridized carbons (Fsp3) is 0.619. The highest BCUT2D eigenvalue weighted by molar-refractivity contribution is 5.66. The van der Waals surface area contributed by atoms with E-state index in [0.29, 0.717) is 6.42 Å². The molecular formula is C21H33NO4. The molecule has 2 unspecified atom stereocenters. The first-order valence-electron chi connectivity index (χ1n) is 9.73. The molecule has 3 N–H and O–H groups in total. The minimum absolute atomic E-state index is 0.0502. The number of hydrogen-bond donors (Lipinski definition) is 3. The maximum absolute atomic E-state index is 10.5. The summed E-state index contributed by atoms with van der Waals surface area (Å²) in [5, 5.41) is 28.6. The van der Waals surface area contributed by atoms with Gasteiger partial charge in [-0.1, -0.05) is 57.6 Å². The number of carboxylic acids is 1. The molecule has 0 spiro atoms. The molecular weight excluding hydrogens is 330 g/mol. The zero-order valence-electron chi connectivity index (χ0n) is 15.8. The highest BCUT2D eigenvalue weighted by Crippen LogP contribution is 2.11. The van der Waals surface area contributed by atoms with Crippen LogP contribution >= 0.6 is 0 Å². The van der Waals surface area contributed by atoms with Crippen LogP contribution in [0.4, 0.5) is 0 Å². The molecule has 2 atom stereocenters. The standard InChI is InChI=1S/C21H33NO4/c1-2-3-4-5-6-7-11-19(23)13-12-17-9-8-10-18(22-17)16-20(24)14-15-21(25)26/h8-10,12-13,19-20,23-24H,2-7,11,14-16H2,1H3,(H,25,26). The van der Waals surface area contributed by atoms with Crippen molar-refractivity contribution in [2.75, 3.05) is 0 Å². The summed E-state index contributed by atoms with van der Waals surface area (Å²) < 4.78 is 0. The fourth-order valence-electron chi connectivity index (χ4n) is 2.78. The number of carbonyl (C=O) groups is 1. The molecule has 0 aromatic carbocycles. The van der Waals surface area contributed by atoms with Crippen LogP contribution in [-0.2, 0) is 11.2 Å². The largest absolute Gasteiger partial charge is 0.481 e. The minimum atomic E-state index is -0.909. The van der Waals surface area contributed by atoms with Crippen LogP contribution < -0.4 is 0 Å². The molecule has 1 rings (SSSR count). The number of rotatable bonds is 14.